The van der Waals surface area contributed by atoms with Crippen molar-refractivity contribution >= 4 is 23.5 Å². The maximum Gasteiger partial charge on any atom is 0.237 e. The molecule has 1 saturated heterocycles. The van der Waals surface area contributed by atoms with Crippen LogP contribution in [-0.4, -0.2) is 34.8 Å². The lowest BCUT2D eigenvalue weighted by Gasteiger charge is -2.11. The van der Waals surface area contributed by atoms with Crippen molar-refractivity contribution in [1.82, 2.24) is 9.88 Å². The van der Waals surface area contributed by atoms with Gasteiger partial charge in [0.05, 0.1) is 6.54 Å². The van der Waals surface area contributed by atoms with Crippen LogP contribution in [0, 0.1) is 0 Å². The number of hydrogen-bond acceptors (Lipinski definition) is 5. The molecule has 0 spiro atoms. The second-order valence-electron chi connectivity index (χ2n) is 3.87. The Labute approximate surface area is 105 Å². The number of amides is 2. The van der Waals surface area contributed by atoms with Gasteiger partial charge >= 0.3 is 0 Å². The van der Waals surface area contributed by atoms with Crippen LogP contribution < -0.4 is 17.2 Å². The number of likely N-dealkylation sites (tertiary alicyclic amines) is 1. The zero-order chi connectivity index (χ0) is 13.5. The van der Waals surface area contributed by atoms with E-state index in [0.29, 0.717) is 24.6 Å². The van der Waals surface area contributed by atoms with Crippen LogP contribution in [0.3, 0.4) is 0 Å². The number of carbonyl (C=O) groups is 2. The second kappa shape index (κ2) is 6.43. The highest BCUT2D eigenvalue weighted by Crippen LogP contribution is 2.07. The molecule has 98 valence electrons. The normalized spacial score (nSPS) is 14.0. The zero-order valence-corrected chi connectivity index (χ0v) is 10.0. The van der Waals surface area contributed by atoms with Crippen LogP contribution in [0.1, 0.15) is 12.8 Å². The molecular formula is C11H17N5O2. The van der Waals surface area contributed by atoms with Crippen LogP contribution in [0.15, 0.2) is 18.2 Å². The third-order valence-corrected chi connectivity index (χ3v) is 2.31. The maximum absolute atomic E-state index is 10.8. The number of hydrogen-bond donors (Lipinski definition) is 3. The van der Waals surface area contributed by atoms with Crippen molar-refractivity contribution in [3.8, 4) is 0 Å². The van der Waals surface area contributed by atoms with Gasteiger partial charge in [-0.3, -0.25) is 9.59 Å². The van der Waals surface area contributed by atoms with Gasteiger partial charge in [0.1, 0.15) is 11.6 Å². The second-order valence-corrected chi connectivity index (χ2v) is 3.87. The SMILES string of the molecule is NC(=O)CN1CCCC1=O.Nc1cccc(N)n1. The summed E-state index contributed by atoms with van der Waals surface area (Å²) in [6, 6.07) is 5.14. The minimum atomic E-state index is -0.435. The van der Waals surface area contributed by atoms with E-state index in [2.05, 4.69) is 4.98 Å². The Balaban J connectivity index is 0.000000184. The predicted octanol–water partition coefficient (Wildman–Crippen LogP) is -0.660. The fourth-order valence-electron chi connectivity index (χ4n) is 1.53. The fraction of sp³-hybridized carbons (Fsp3) is 0.364. The largest absolute Gasteiger partial charge is 0.384 e. The molecule has 0 radical (unpaired) electrons. The number of primary amides is 1. The first-order chi connectivity index (χ1) is 8.49. The molecule has 1 fully saturated rings. The lowest BCUT2D eigenvalue weighted by atomic mass is 10.4. The molecule has 6 N–H and O–H groups in total. The van der Waals surface area contributed by atoms with Gasteiger partial charge in [-0.25, -0.2) is 4.98 Å². The average molecular weight is 251 g/mol. The summed E-state index contributed by atoms with van der Waals surface area (Å²) in [6.45, 7) is 0.764. The van der Waals surface area contributed by atoms with E-state index in [4.69, 9.17) is 17.2 Å². The Bertz CT molecular complexity index is 418. The number of pyridine rings is 1. The number of carbonyl (C=O) groups excluding carboxylic acids is 2. The summed E-state index contributed by atoms with van der Waals surface area (Å²) >= 11 is 0. The summed E-state index contributed by atoms with van der Waals surface area (Å²) in [5, 5.41) is 0. The molecule has 0 atom stereocenters. The van der Waals surface area contributed by atoms with E-state index in [9.17, 15) is 9.59 Å². The zero-order valence-electron chi connectivity index (χ0n) is 10.0. The molecule has 0 saturated carbocycles. The van der Waals surface area contributed by atoms with E-state index in [1.54, 1.807) is 18.2 Å². The summed E-state index contributed by atoms with van der Waals surface area (Å²) in [6.07, 6.45) is 1.42. The van der Waals surface area contributed by atoms with E-state index >= 15 is 0 Å². The lowest BCUT2D eigenvalue weighted by Crippen LogP contribution is -2.34. The van der Waals surface area contributed by atoms with Gasteiger partial charge in [0, 0.05) is 13.0 Å². The highest BCUT2D eigenvalue weighted by Gasteiger charge is 2.20. The van der Waals surface area contributed by atoms with Crippen molar-refractivity contribution < 1.29 is 9.59 Å². The van der Waals surface area contributed by atoms with Gasteiger partial charge in [-0.1, -0.05) is 6.07 Å². The monoisotopic (exact) mass is 251 g/mol. The van der Waals surface area contributed by atoms with E-state index in [1.165, 1.54) is 4.90 Å². The Kier molecular flexibility index (Phi) is 4.91. The van der Waals surface area contributed by atoms with Gasteiger partial charge in [0.25, 0.3) is 0 Å². The van der Waals surface area contributed by atoms with Crippen molar-refractivity contribution in [2.45, 2.75) is 12.8 Å². The summed E-state index contributed by atoms with van der Waals surface area (Å²) in [5.41, 5.74) is 15.4. The topological polar surface area (TPSA) is 128 Å². The van der Waals surface area contributed by atoms with Crippen molar-refractivity contribution in [3.05, 3.63) is 18.2 Å². The summed E-state index contributed by atoms with van der Waals surface area (Å²) in [7, 11) is 0. The van der Waals surface area contributed by atoms with Gasteiger partial charge in [-0.15, -0.1) is 0 Å². The molecule has 18 heavy (non-hydrogen) atoms. The number of nitrogens with zero attached hydrogens (tertiary/aromatic N) is 2. The van der Waals surface area contributed by atoms with Crippen LogP contribution >= 0.6 is 0 Å². The molecule has 2 rings (SSSR count). The summed E-state index contributed by atoms with van der Waals surface area (Å²) in [5.74, 6) is 0.532. The Morgan fingerprint density at radius 2 is 1.94 bits per heavy atom. The standard InChI is InChI=1S/C6H10N2O2.C5H7N3/c7-5(9)4-8-3-1-2-6(8)10;6-4-2-1-3-5(7)8-4/h1-4H2,(H2,7,9);1-3H,(H4,6,7,8). The van der Waals surface area contributed by atoms with Gasteiger partial charge in [-0.2, -0.15) is 0 Å². The highest BCUT2D eigenvalue weighted by molar-refractivity contribution is 5.84. The molecule has 0 bridgehead atoms. The van der Waals surface area contributed by atoms with E-state index < -0.39 is 5.91 Å². The molecule has 7 nitrogen and oxygen atoms in total. The van der Waals surface area contributed by atoms with Crippen LogP contribution in [0.2, 0.25) is 0 Å². The molecule has 1 aliphatic heterocycles. The molecule has 0 unspecified atom stereocenters. The first-order valence-corrected chi connectivity index (χ1v) is 5.53. The number of aromatic nitrogens is 1. The van der Waals surface area contributed by atoms with Crippen LogP contribution in [0.5, 0.6) is 0 Å². The lowest BCUT2D eigenvalue weighted by molar-refractivity contribution is -0.132. The molecule has 1 aromatic rings. The van der Waals surface area contributed by atoms with Crippen LogP contribution in [0.4, 0.5) is 11.6 Å². The number of nitrogen functional groups attached to an aromatic ring is 2. The molecular weight excluding hydrogens is 234 g/mol. The predicted molar refractivity (Wildman–Crippen MR) is 68.1 cm³/mol. The Hall–Kier alpha value is -2.31. The van der Waals surface area contributed by atoms with Gasteiger partial charge in [-0.05, 0) is 18.6 Å². The first kappa shape index (κ1) is 13.8. The van der Waals surface area contributed by atoms with Gasteiger partial charge < -0.3 is 22.1 Å². The molecule has 1 aromatic heterocycles. The van der Waals surface area contributed by atoms with Crippen LogP contribution in [-0.2, 0) is 9.59 Å². The van der Waals surface area contributed by atoms with E-state index in [1.807, 2.05) is 0 Å². The molecule has 2 amide bonds. The minimum Gasteiger partial charge on any atom is -0.384 e. The quantitative estimate of drug-likeness (QED) is 0.642. The van der Waals surface area contributed by atoms with Crippen molar-refractivity contribution in [3.63, 3.8) is 0 Å². The van der Waals surface area contributed by atoms with E-state index in [-0.39, 0.29) is 12.5 Å². The van der Waals surface area contributed by atoms with Gasteiger partial charge in [0.2, 0.25) is 11.8 Å². The highest BCUT2D eigenvalue weighted by atomic mass is 16.2. The summed E-state index contributed by atoms with van der Waals surface area (Å²) in [4.78, 5) is 26.4. The first-order valence-electron chi connectivity index (χ1n) is 5.53. The minimum absolute atomic E-state index is 0.0406. The van der Waals surface area contributed by atoms with Crippen LogP contribution in [0.25, 0.3) is 0 Å². The molecule has 7 heteroatoms. The Morgan fingerprint density at radius 1 is 1.33 bits per heavy atom. The third-order valence-electron chi connectivity index (χ3n) is 2.31. The van der Waals surface area contributed by atoms with Crippen molar-refractivity contribution in [2.24, 2.45) is 5.73 Å². The molecule has 2 heterocycles. The Morgan fingerprint density at radius 3 is 2.28 bits per heavy atom. The van der Waals surface area contributed by atoms with Crippen molar-refractivity contribution in [1.29, 1.82) is 0 Å². The molecule has 0 aliphatic carbocycles. The van der Waals surface area contributed by atoms with Gasteiger partial charge in [0.15, 0.2) is 0 Å². The number of nitrogens with two attached hydrogens (primary N) is 3. The van der Waals surface area contributed by atoms with Crippen molar-refractivity contribution in [2.75, 3.05) is 24.6 Å². The molecule has 0 aromatic carbocycles. The number of rotatable bonds is 2. The third kappa shape index (κ3) is 4.69. The fourth-order valence-corrected chi connectivity index (χ4v) is 1.53. The van der Waals surface area contributed by atoms with E-state index in [0.717, 1.165) is 6.42 Å². The smallest absolute Gasteiger partial charge is 0.237 e. The summed E-state index contributed by atoms with van der Waals surface area (Å²) < 4.78 is 0. The number of anilines is 2. The average Bonchev–Trinajstić information content (AvgIpc) is 2.64. The molecule has 1 aliphatic rings. The maximum atomic E-state index is 10.8.